The van der Waals surface area contributed by atoms with Crippen LogP contribution < -0.4 is 10.1 Å². The van der Waals surface area contributed by atoms with Gasteiger partial charge in [-0.2, -0.15) is 0 Å². The first-order valence-corrected chi connectivity index (χ1v) is 10.3. The summed E-state index contributed by atoms with van der Waals surface area (Å²) in [5, 5.41) is 2.95. The maximum Gasteiger partial charge on any atom is 0.341 e. The van der Waals surface area contributed by atoms with Gasteiger partial charge in [0, 0.05) is 12.3 Å². The van der Waals surface area contributed by atoms with Crippen molar-refractivity contribution in [3.63, 3.8) is 0 Å². The van der Waals surface area contributed by atoms with Crippen LogP contribution in [0.15, 0.2) is 18.2 Å². The molecule has 1 aromatic carbocycles. The Morgan fingerprint density at radius 3 is 2.50 bits per heavy atom. The summed E-state index contributed by atoms with van der Waals surface area (Å²) < 4.78 is 16.7. The van der Waals surface area contributed by atoms with Crippen LogP contribution in [0.5, 0.6) is 5.75 Å². The number of benzene rings is 1. The Hall–Kier alpha value is -2.08. The van der Waals surface area contributed by atoms with Crippen LogP contribution in [-0.2, 0) is 14.3 Å². The minimum atomic E-state index is -0.786. The fraction of sp³-hybridized carbons (Fsp3) is 0.636. The molecular weight excluding hydrogens is 358 g/mol. The summed E-state index contributed by atoms with van der Waals surface area (Å²) >= 11 is 0. The fourth-order valence-electron chi connectivity index (χ4n) is 3.38. The van der Waals surface area contributed by atoms with Gasteiger partial charge in [0.15, 0.2) is 0 Å². The summed E-state index contributed by atoms with van der Waals surface area (Å²) in [7, 11) is 1.33. The van der Waals surface area contributed by atoms with Crippen LogP contribution >= 0.6 is 0 Å². The summed E-state index contributed by atoms with van der Waals surface area (Å²) in [6.07, 6.45) is 6.17. The van der Waals surface area contributed by atoms with E-state index >= 15 is 0 Å². The number of carbonyl (C=O) groups excluding carboxylic acids is 2. The highest BCUT2D eigenvalue weighted by Crippen LogP contribution is 2.34. The molecule has 1 atom stereocenters. The van der Waals surface area contributed by atoms with Crippen LogP contribution in [0.25, 0.3) is 0 Å². The Morgan fingerprint density at radius 1 is 1.18 bits per heavy atom. The molecule has 0 saturated heterocycles. The molecule has 1 N–H and O–H groups in total. The molecule has 28 heavy (non-hydrogen) atoms. The second kappa shape index (κ2) is 10.5. The Kier molecular flexibility index (Phi) is 8.30. The second-order valence-corrected chi connectivity index (χ2v) is 7.40. The van der Waals surface area contributed by atoms with Crippen molar-refractivity contribution in [3.05, 3.63) is 23.8 Å². The van der Waals surface area contributed by atoms with E-state index in [1.54, 1.807) is 18.2 Å². The summed E-state index contributed by atoms with van der Waals surface area (Å²) in [4.78, 5) is 25.3. The molecule has 0 spiro atoms. The van der Waals surface area contributed by atoms with Gasteiger partial charge in [-0.05, 0) is 50.8 Å². The zero-order valence-corrected chi connectivity index (χ0v) is 17.5. The molecule has 0 aromatic heterocycles. The number of methoxy groups -OCH3 is 1. The predicted octanol–water partition coefficient (Wildman–Crippen LogP) is 4.72. The smallest absolute Gasteiger partial charge is 0.341 e. The van der Waals surface area contributed by atoms with E-state index in [0.29, 0.717) is 23.6 Å². The van der Waals surface area contributed by atoms with E-state index < -0.39 is 11.6 Å². The standard InChI is InChI=1S/C22H33NO5/c1-5-14-27-22(12-8-7-9-13-22)21(25)23-17-10-11-19(28-16(3)6-2)18(15-17)20(24)26-4/h10-11,15-16H,5-9,12-14H2,1-4H3,(H,23,25)/t16-/m1/s1. The highest BCUT2D eigenvalue weighted by atomic mass is 16.5. The quantitative estimate of drug-likeness (QED) is 0.617. The molecule has 1 aromatic rings. The molecule has 6 nitrogen and oxygen atoms in total. The lowest BCUT2D eigenvalue weighted by atomic mass is 9.83. The number of anilines is 1. The van der Waals surface area contributed by atoms with Crippen LogP contribution in [0.3, 0.4) is 0 Å². The lowest BCUT2D eigenvalue weighted by molar-refractivity contribution is -0.146. The van der Waals surface area contributed by atoms with Crippen LogP contribution in [0, 0.1) is 0 Å². The van der Waals surface area contributed by atoms with Crippen LogP contribution in [0.2, 0.25) is 0 Å². The predicted molar refractivity (Wildman–Crippen MR) is 109 cm³/mol. The van der Waals surface area contributed by atoms with Crippen molar-refractivity contribution in [1.29, 1.82) is 0 Å². The summed E-state index contributed by atoms with van der Waals surface area (Å²) in [5.74, 6) is -0.190. The highest BCUT2D eigenvalue weighted by molar-refractivity contribution is 5.99. The second-order valence-electron chi connectivity index (χ2n) is 7.40. The molecule has 0 heterocycles. The van der Waals surface area contributed by atoms with Gasteiger partial charge in [0.2, 0.25) is 0 Å². The average molecular weight is 392 g/mol. The van der Waals surface area contributed by atoms with Gasteiger partial charge in [0.1, 0.15) is 16.9 Å². The molecule has 1 saturated carbocycles. The molecular formula is C22H33NO5. The minimum absolute atomic E-state index is 0.0307. The maximum absolute atomic E-state index is 13.1. The molecule has 1 aliphatic rings. The van der Waals surface area contributed by atoms with E-state index in [0.717, 1.165) is 44.9 Å². The first-order valence-electron chi connectivity index (χ1n) is 10.3. The van der Waals surface area contributed by atoms with Crippen molar-refractivity contribution in [2.75, 3.05) is 19.0 Å². The van der Waals surface area contributed by atoms with Crippen LogP contribution in [0.1, 0.15) is 76.1 Å². The molecule has 6 heteroatoms. The molecule has 0 bridgehead atoms. The molecule has 0 radical (unpaired) electrons. The number of esters is 1. The van der Waals surface area contributed by atoms with Gasteiger partial charge in [0.25, 0.3) is 5.91 Å². The van der Waals surface area contributed by atoms with Crippen molar-refractivity contribution in [1.82, 2.24) is 0 Å². The van der Waals surface area contributed by atoms with Gasteiger partial charge in [-0.3, -0.25) is 4.79 Å². The fourth-order valence-corrected chi connectivity index (χ4v) is 3.38. The van der Waals surface area contributed by atoms with Crippen LogP contribution in [0.4, 0.5) is 5.69 Å². The monoisotopic (exact) mass is 391 g/mol. The Labute approximate surface area is 167 Å². The number of ether oxygens (including phenoxy) is 3. The Balaban J connectivity index is 2.23. The average Bonchev–Trinajstić information content (AvgIpc) is 2.73. The van der Waals surface area contributed by atoms with E-state index in [9.17, 15) is 9.59 Å². The number of hydrogen-bond acceptors (Lipinski definition) is 5. The number of amides is 1. The third-order valence-electron chi connectivity index (χ3n) is 5.20. The molecule has 1 amide bonds. The number of hydrogen-bond donors (Lipinski definition) is 1. The topological polar surface area (TPSA) is 73.9 Å². The Morgan fingerprint density at radius 2 is 1.89 bits per heavy atom. The normalized spacial score (nSPS) is 16.9. The Bertz CT molecular complexity index is 667. The van der Waals surface area contributed by atoms with Gasteiger partial charge in [0.05, 0.1) is 13.2 Å². The first kappa shape index (κ1) is 22.2. The van der Waals surface area contributed by atoms with Gasteiger partial charge in [-0.25, -0.2) is 4.79 Å². The third-order valence-corrected chi connectivity index (χ3v) is 5.20. The van der Waals surface area contributed by atoms with E-state index in [1.165, 1.54) is 7.11 Å². The molecule has 0 unspecified atom stereocenters. The van der Waals surface area contributed by atoms with E-state index in [-0.39, 0.29) is 12.0 Å². The first-order chi connectivity index (χ1) is 13.5. The van der Waals surface area contributed by atoms with Gasteiger partial charge in [-0.1, -0.05) is 33.1 Å². The van der Waals surface area contributed by atoms with Gasteiger partial charge >= 0.3 is 5.97 Å². The summed E-state index contributed by atoms with van der Waals surface area (Å²) in [6, 6.07) is 5.06. The molecule has 1 fully saturated rings. The van der Waals surface area contributed by atoms with Crippen molar-refractivity contribution < 1.29 is 23.8 Å². The zero-order chi connectivity index (χ0) is 20.6. The van der Waals surface area contributed by atoms with E-state index in [1.807, 2.05) is 20.8 Å². The van der Waals surface area contributed by atoms with Crippen molar-refractivity contribution >= 4 is 17.6 Å². The van der Waals surface area contributed by atoms with Crippen molar-refractivity contribution in [3.8, 4) is 5.75 Å². The van der Waals surface area contributed by atoms with Gasteiger partial charge in [-0.15, -0.1) is 0 Å². The third kappa shape index (κ3) is 5.47. The minimum Gasteiger partial charge on any atom is -0.490 e. The number of rotatable bonds is 9. The number of nitrogens with one attached hydrogen (secondary N) is 1. The molecule has 1 aliphatic carbocycles. The molecule has 2 rings (SSSR count). The molecule has 0 aliphatic heterocycles. The largest absolute Gasteiger partial charge is 0.490 e. The lowest BCUT2D eigenvalue weighted by Gasteiger charge is -2.35. The van der Waals surface area contributed by atoms with Crippen molar-refractivity contribution in [2.45, 2.75) is 77.4 Å². The van der Waals surface area contributed by atoms with E-state index in [4.69, 9.17) is 14.2 Å². The maximum atomic E-state index is 13.1. The van der Waals surface area contributed by atoms with Crippen molar-refractivity contribution in [2.24, 2.45) is 0 Å². The summed E-state index contributed by atoms with van der Waals surface area (Å²) in [6.45, 7) is 6.54. The lowest BCUT2D eigenvalue weighted by Crippen LogP contribution is -2.47. The van der Waals surface area contributed by atoms with Crippen LogP contribution in [-0.4, -0.2) is 37.3 Å². The SMILES string of the molecule is CCCOC1(C(=O)Nc2ccc(O[C@H](C)CC)c(C(=O)OC)c2)CCCCC1. The zero-order valence-electron chi connectivity index (χ0n) is 17.5. The molecule has 156 valence electrons. The van der Waals surface area contributed by atoms with Gasteiger partial charge < -0.3 is 19.5 Å². The summed E-state index contributed by atoms with van der Waals surface area (Å²) in [5.41, 5.74) is 0.0469. The highest BCUT2D eigenvalue weighted by Gasteiger charge is 2.40. The number of carbonyl (C=O) groups is 2. The van der Waals surface area contributed by atoms with E-state index in [2.05, 4.69) is 5.32 Å².